The van der Waals surface area contributed by atoms with Crippen LogP contribution >= 0.6 is 0 Å². The van der Waals surface area contributed by atoms with Crippen LogP contribution in [0.15, 0.2) is 174 Å². The predicted molar refractivity (Wildman–Crippen MR) is 190 cm³/mol. The van der Waals surface area contributed by atoms with Crippen LogP contribution in [0, 0.1) is 0 Å². The van der Waals surface area contributed by atoms with Crippen molar-refractivity contribution in [3.05, 3.63) is 170 Å². The van der Waals surface area contributed by atoms with Gasteiger partial charge in [-0.15, -0.1) is 0 Å². The van der Waals surface area contributed by atoms with E-state index in [2.05, 4.69) is 0 Å². The number of para-hydroxylation sites is 1. The second-order valence-electron chi connectivity index (χ2n) is 10.9. The molecule has 1 aromatic heterocycles. The molecule has 1 heteroatoms. The van der Waals surface area contributed by atoms with Gasteiger partial charge in [0.05, 0.1) is 13.7 Å². The smallest absolute Gasteiger partial charge is 0.136 e. The number of rotatable bonds is 4. The summed E-state index contributed by atoms with van der Waals surface area (Å²) in [5.74, 6) is 0. The van der Waals surface area contributed by atoms with E-state index in [0.717, 1.165) is 60.2 Å². The second-order valence-corrected chi connectivity index (χ2v) is 10.9. The van der Waals surface area contributed by atoms with Gasteiger partial charge in [-0.25, -0.2) is 0 Å². The van der Waals surface area contributed by atoms with Crippen LogP contribution in [0.25, 0.3) is 88.0 Å². The first-order valence-corrected chi connectivity index (χ1v) is 14.6. The Hall–Kier alpha value is -5.92. The Kier molecular flexibility index (Phi) is 4.01. The number of benzene rings is 8. The fourth-order valence-corrected chi connectivity index (χ4v) is 6.52. The van der Waals surface area contributed by atoms with Crippen molar-refractivity contribution in [2.75, 3.05) is 0 Å². The molecule has 210 valence electrons. The third-order valence-electron chi connectivity index (χ3n) is 8.43. The van der Waals surface area contributed by atoms with E-state index in [9.17, 15) is 0 Å². The SMILES string of the molecule is [2H]c1c([2H])c([2H])c(-c2ccc3c(-c4cccc5oc6ccccc6c45)c4ccc(-c5c([2H])c([2H])c([2H])c([2H])c5[2H])cc4c(-c4ccccc4)c3c2)c([2H])c1[2H]. The summed E-state index contributed by atoms with van der Waals surface area (Å²) in [7, 11) is 0. The molecular formula is C44H28O. The fraction of sp³-hybridized carbons (Fsp3) is 0. The van der Waals surface area contributed by atoms with Gasteiger partial charge in [-0.2, -0.15) is 0 Å². The van der Waals surface area contributed by atoms with Crippen molar-refractivity contribution in [2.45, 2.75) is 0 Å². The zero-order valence-electron chi connectivity index (χ0n) is 33.8. The van der Waals surface area contributed by atoms with Gasteiger partial charge in [-0.05, 0) is 90.3 Å². The minimum absolute atomic E-state index is 0.0735. The van der Waals surface area contributed by atoms with E-state index in [1.165, 1.54) is 0 Å². The lowest BCUT2D eigenvalue weighted by Crippen LogP contribution is -1.93. The molecule has 0 aliphatic heterocycles. The molecule has 1 nitrogen and oxygen atoms in total. The van der Waals surface area contributed by atoms with Gasteiger partial charge in [0.2, 0.25) is 0 Å². The van der Waals surface area contributed by atoms with Crippen LogP contribution in [0.2, 0.25) is 0 Å². The Morgan fingerprint density at radius 2 is 0.956 bits per heavy atom. The molecule has 0 saturated carbocycles. The van der Waals surface area contributed by atoms with Gasteiger partial charge in [0.25, 0.3) is 0 Å². The lowest BCUT2D eigenvalue weighted by atomic mass is 9.83. The van der Waals surface area contributed by atoms with Gasteiger partial charge >= 0.3 is 0 Å². The number of fused-ring (bicyclic) bond motifs is 5. The van der Waals surface area contributed by atoms with E-state index < -0.39 is 36.3 Å². The lowest BCUT2D eigenvalue weighted by molar-refractivity contribution is 0.669. The Balaban J connectivity index is 1.50. The molecule has 0 aliphatic carbocycles. The molecule has 45 heavy (non-hydrogen) atoms. The van der Waals surface area contributed by atoms with E-state index >= 15 is 0 Å². The fourth-order valence-electron chi connectivity index (χ4n) is 6.52. The van der Waals surface area contributed by atoms with E-state index in [0.29, 0.717) is 16.7 Å². The summed E-state index contributed by atoms with van der Waals surface area (Å²) in [5.41, 5.74) is 5.75. The Labute approximate surface area is 275 Å². The van der Waals surface area contributed by atoms with Crippen molar-refractivity contribution in [3.63, 3.8) is 0 Å². The summed E-state index contributed by atoms with van der Waals surface area (Å²) >= 11 is 0. The molecule has 0 bridgehead atoms. The van der Waals surface area contributed by atoms with Crippen LogP contribution < -0.4 is 0 Å². The van der Waals surface area contributed by atoms with Crippen LogP contribution in [0.5, 0.6) is 0 Å². The van der Waals surface area contributed by atoms with E-state index in [4.69, 9.17) is 18.1 Å². The van der Waals surface area contributed by atoms with Gasteiger partial charge in [-0.1, -0.05) is 145 Å². The highest BCUT2D eigenvalue weighted by Gasteiger charge is 2.21. The maximum atomic E-state index is 8.81. The summed E-state index contributed by atoms with van der Waals surface area (Å²) in [6, 6.07) is 30.6. The second kappa shape index (κ2) is 10.4. The van der Waals surface area contributed by atoms with Crippen molar-refractivity contribution in [2.24, 2.45) is 0 Å². The molecule has 0 saturated heterocycles. The van der Waals surface area contributed by atoms with E-state index in [1.54, 1.807) is 12.1 Å². The summed E-state index contributed by atoms with van der Waals surface area (Å²) in [6.45, 7) is 0. The maximum absolute atomic E-state index is 8.81. The monoisotopic (exact) mass is 582 g/mol. The first-order valence-electron chi connectivity index (χ1n) is 19.6. The number of furan rings is 1. The highest BCUT2D eigenvalue weighted by atomic mass is 16.3. The first kappa shape index (κ1) is 17.4. The minimum atomic E-state index is -0.474. The van der Waals surface area contributed by atoms with Crippen LogP contribution in [-0.4, -0.2) is 0 Å². The van der Waals surface area contributed by atoms with E-state index in [1.807, 2.05) is 97.1 Å². The molecule has 9 aromatic rings. The van der Waals surface area contributed by atoms with Gasteiger partial charge in [0.1, 0.15) is 11.2 Å². The summed E-state index contributed by atoms with van der Waals surface area (Å²) in [5, 5.41) is 4.93. The van der Waals surface area contributed by atoms with Crippen LogP contribution in [-0.2, 0) is 0 Å². The molecule has 1 heterocycles. The lowest BCUT2D eigenvalue weighted by Gasteiger charge is -2.20. The molecule has 0 fully saturated rings. The Morgan fingerprint density at radius 3 is 1.60 bits per heavy atom. The van der Waals surface area contributed by atoms with Gasteiger partial charge in [0, 0.05) is 10.8 Å². The Bertz CT molecular complexity index is 2910. The molecule has 8 aromatic carbocycles. The average Bonchev–Trinajstić information content (AvgIpc) is 3.59. The normalized spacial score (nSPS) is 14.7. The van der Waals surface area contributed by atoms with Crippen LogP contribution in [0.1, 0.15) is 13.7 Å². The summed E-state index contributed by atoms with van der Waals surface area (Å²) in [4.78, 5) is 0. The molecule has 0 spiro atoms. The zero-order valence-corrected chi connectivity index (χ0v) is 23.8. The van der Waals surface area contributed by atoms with Crippen molar-refractivity contribution < 1.29 is 18.1 Å². The maximum Gasteiger partial charge on any atom is 0.136 e. The molecule has 0 radical (unpaired) electrons. The predicted octanol–water partition coefficient (Wildman–Crippen LogP) is 12.6. The molecule has 0 N–H and O–H groups in total. The third kappa shape index (κ3) is 4.17. The number of hydrogen-bond donors (Lipinski definition) is 0. The standard InChI is InChI=1S/C44H28O/c1-4-13-29(14-5-1)32-23-25-34-38(27-32)42(31-17-8-3-9-18-31)39-28-33(30-15-6-2-7-16-30)24-26-35(39)43(34)37-20-12-22-41-44(37)36-19-10-11-21-40(36)45-41/h1-28H/i1D,2D,4D,5D,6D,7D,13D,14D,15D,16D. The topological polar surface area (TPSA) is 13.1 Å². The van der Waals surface area contributed by atoms with Crippen LogP contribution in [0.4, 0.5) is 0 Å². The molecular weight excluding hydrogens is 544 g/mol. The summed E-state index contributed by atoms with van der Waals surface area (Å²) in [6.07, 6.45) is 0. The van der Waals surface area contributed by atoms with Crippen molar-refractivity contribution in [1.29, 1.82) is 0 Å². The van der Waals surface area contributed by atoms with Crippen molar-refractivity contribution in [1.82, 2.24) is 0 Å². The molecule has 9 rings (SSSR count). The minimum Gasteiger partial charge on any atom is -0.456 e. The highest BCUT2D eigenvalue weighted by Crippen LogP contribution is 2.48. The number of hydrogen-bond acceptors (Lipinski definition) is 1. The Morgan fingerprint density at radius 1 is 0.378 bits per heavy atom. The molecule has 0 atom stereocenters. The summed E-state index contributed by atoms with van der Waals surface area (Å²) < 4.78 is 91.5. The molecule has 0 amide bonds. The highest BCUT2D eigenvalue weighted by molar-refractivity contribution is 6.26. The molecule has 0 unspecified atom stereocenters. The van der Waals surface area contributed by atoms with Gasteiger partial charge in [-0.3, -0.25) is 0 Å². The van der Waals surface area contributed by atoms with Gasteiger partial charge in [0.15, 0.2) is 0 Å². The van der Waals surface area contributed by atoms with Crippen molar-refractivity contribution >= 4 is 43.5 Å². The van der Waals surface area contributed by atoms with Crippen LogP contribution in [0.3, 0.4) is 0 Å². The average molecular weight is 583 g/mol. The van der Waals surface area contributed by atoms with Crippen molar-refractivity contribution in [3.8, 4) is 44.5 Å². The van der Waals surface area contributed by atoms with Gasteiger partial charge < -0.3 is 4.42 Å². The quantitative estimate of drug-likeness (QED) is 0.188. The molecule has 0 aliphatic rings. The largest absolute Gasteiger partial charge is 0.456 e. The zero-order chi connectivity index (χ0) is 38.4. The first-order chi connectivity index (χ1) is 26.5. The van der Waals surface area contributed by atoms with E-state index in [-0.39, 0.29) is 35.3 Å². The third-order valence-corrected chi connectivity index (χ3v) is 8.43.